The molecule has 110 valence electrons. The van der Waals surface area contributed by atoms with Crippen LogP contribution in [0.1, 0.15) is 16.8 Å². The minimum atomic E-state index is -0.109. The summed E-state index contributed by atoms with van der Waals surface area (Å²) in [5.41, 5.74) is 0.471. The van der Waals surface area contributed by atoms with Crippen LogP contribution in [0.2, 0.25) is 5.02 Å². The number of hydrogen-bond donors (Lipinski definition) is 0. The summed E-state index contributed by atoms with van der Waals surface area (Å²) in [6.45, 7) is 1.16. The molecule has 0 unspecified atom stereocenters. The second-order valence-corrected chi connectivity index (χ2v) is 5.00. The molecule has 1 aromatic heterocycles. The van der Waals surface area contributed by atoms with Crippen molar-refractivity contribution in [1.29, 1.82) is 0 Å². The Bertz CT molecular complexity index is 590. The van der Waals surface area contributed by atoms with Crippen LogP contribution in [0.5, 0.6) is 5.75 Å². The van der Waals surface area contributed by atoms with Gasteiger partial charge in [0.05, 0.1) is 17.2 Å². The summed E-state index contributed by atoms with van der Waals surface area (Å²) in [7, 11) is 1.75. The molecule has 0 N–H and O–H groups in total. The Morgan fingerprint density at radius 2 is 2.05 bits per heavy atom. The quantitative estimate of drug-likeness (QED) is 0.769. The van der Waals surface area contributed by atoms with E-state index < -0.39 is 0 Å². The second kappa shape index (κ2) is 7.64. The molecule has 5 heteroatoms. The second-order valence-electron chi connectivity index (χ2n) is 4.60. The molecule has 0 radical (unpaired) electrons. The van der Waals surface area contributed by atoms with Gasteiger partial charge in [0, 0.05) is 26.0 Å². The van der Waals surface area contributed by atoms with E-state index in [2.05, 4.69) is 4.98 Å². The number of ether oxygens (including phenoxy) is 1. The predicted octanol–water partition coefficient (Wildman–Crippen LogP) is 3.28. The number of hydrogen-bond acceptors (Lipinski definition) is 3. The van der Waals surface area contributed by atoms with Gasteiger partial charge in [0.1, 0.15) is 5.75 Å². The van der Waals surface area contributed by atoms with Crippen LogP contribution in [0.4, 0.5) is 0 Å². The Labute approximate surface area is 129 Å². The van der Waals surface area contributed by atoms with Crippen LogP contribution in [0.25, 0.3) is 0 Å². The standard InChI is InChI=1S/C16H17ClN2O2/c1-19(16(20)14-8-9-18-12-15(14)17)10-5-11-21-13-6-3-2-4-7-13/h2-4,6-9,12H,5,10-11H2,1H3. The van der Waals surface area contributed by atoms with Crippen LogP contribution >= 0.6 is 11.6 Å². The normalized spacial score (nSPS) is 10.2. The summed E-state index contributed by atoms with van der Waals surface area (Å²) >= 11 is 5.97. The summed E-state index contributed by atoms with van der Waals surface area (Å²) < 4.78 is 5.59. The van der Waals surface area contributed by atoms with Crippen molar-refractivity contribution in [2.24, 2.45) is 0 Å². The minimum absolute atomic E-state index is 0.109. The van der Waals surface area contributed by atoms with Crippen molar-refractivity contribution in [3.8, 4) is 5.75 Å². The molecule has 0 atom stereocenters. The lowest BCUT2D eigenvalue weighted by Gasteiger charge is -2.17. The van der Waals surface area contributed by atoms with Crippen molar-refractivity contribution < 1.29 is 9.53 Å². The third-order valence-corrected chi connectivity index (χ3v) is 3.30. The number of carbonyl (C=O) groups excluding carboxylic acids is 1. The van der Waals surface area contributed by atoms with Crippen LogP contribution in [-0.2, 0) is 0 Å². The number of halogens is 1. The van der Waals surface area contributed by atoms with E-state index in [1.807, 2.05) is 30.3 Å². The van der Waals surface area contributed by atoms with E-state index in [0.29, 0.717) is 23.7 Å². The third kappa shape index (κ3) is 4.46. The van der Waals surface area contributed by atoms with Crippen LogP contribution in [0.3, 0.4) is 0 Å². The van der Waals surface area contributed by atoms with Gasteiger partial charge in [-0.3, -0.25) is 9.78 Å². The Kier molecular flexibility index (Phi) is 5.58. The number of aromatic nitrogens is 1. The van der Waals surface area contributed by atoms with Crippen molar-refractivity contribution >= 4 is 17.5 Å². The zero-order valence-corrected chi connectivity index (χ0v) is 12.6. The van der Waals surface area contributed by atoms with Gasteiger partial charge in [-0.25, -0.2) is 0 Å². The maximum absolute atomic E-state index is 12.2. The van der Waals surface area contributed by atoms with Gasteiger partial charge in [-0.2, -0.15) is 0 Å². The van der Waals surface area contributed by atoms with Crippen molar-refractivity contribution in [1.82, 2.24) is 9.88 Å². The fourth-order valence-corrected chi connectivity index (χ4v) is 2.06. The number of para-hydroxylation sites is 1. The fourth-order valence-electron chi connectivity index (χ4n) is 1.86. The van der Waals surface area contributed by atoms with Crippen molar-refractivity contribution in [3.05, 3.63) is 59.4 Å². The molecule has 0 fully saturated rings. The zero-order valence-electron chi connectivity index (χ0n) is 11.8. The Balaban J connectivity index is 1.78. The molecule has 1 aromatic carbocycles. The number of nitrogens with zero attached hydrogens (tertiary/aromatic N) is 2. The van der Waals surface area contributed by atoms with E-state index in [0.717, 1.165) is 12.2 Å². The summed E-state index contributed by atoms with van der Waals surface area (Å²) in [5.74, 6) is 0.728. The van der Waals surface area contributed by atoms with Crippen molar-refractivity contribution in [2.75, 3.05) is 20.2 Å². The molecular formula is C16H17ClN2O2. The average molecular weight is 305 g/mol. The summed E-state index contributed by atoms with van der Waals surface area (Å²) in [4.78, 5) is 17.7. The molecule has 21 heavy (non-hydrogen) atoms. The van der Waals surface area contributed by atoms with E-state index >= 15 is 0 Å². The molecule has 0 bridgehead atoms. The first-order valence-corrected chi connectivity index (χ1v) is 7.09. The van der Waals surface area contributed by atoms with Crippen LogP contribution in [0.15, 0.2) is 48.8 Å². The molecule has 0 aliphatic rings. The predicted molar refractivity (Wildman–Crippen MR) is 82.8 cm³/mol. The Morgan fingerprint density at radius 1 is 1.29 bits per heavy atom. The number of pyridine rings is 1. The van der Waals surface area contributed by atoms with Crippen molar-refractivity contribution in [3.63, 3.8) is 0 Å². The van der Waals surface area contributed by atoms with Gasteiger partial charge in [-0.15, -0.1) is 0 Å². The van der Waals surface area contributed by atoms with Gasteiger partial charge in [0.25, 0.3) is 5.91 Å². The van der Waals surface area contributed by atoms with Gasteiger partial charge < -0.3 is 9.64 Å². The van der Waals surface area contributed by atoms with Gasteiger partial charge in [0.15, 0.2) is 0 Å². The number of rotatable bonds is 6. The summed E-state index contributed by atoms with van der Waals surface area (Å²) in [5, 5.41) is 0.370. The third-order valence-electron chi connectivity index (χ3n) is 3.00. The van der Waals surface area contributed by atoms with Gasteiger partial charge in [0.2, 0.25) is 0 Å². The molecule has 1 heterocycles. The highest BCUT2D eigenvalue weighted by Crippen LogP contribution is 2.15. The molecule has 2 rings (SSSR count). The first kappa shape index (κ1) is 15.3. The number of carbonyl (C=O) groups is 1. The van der Waals surface area contributed by atoms with Crippen LogP contribution in [-0.4, -0.2) is 36.0 Å². The molecule has 0 aliphatic heterocycles. The summed E-state index contributed by atoms with van der Waals surface area (Å²) in [6.07, 6.45) is 3.78. The van der Waals surface area contributed by atoms with E-state index in [4.69, 9.17) is 16.3 Å². The average Bonchev–Trinajstić information content (AvgIpc) is 2.52. The lowest BCUT2D eigenvalue weighted by molar-refractivity contribution is 0.0788. The highest BCUT2D eigenvalue weighted by molar-refractivity contribution is 6.33. The maximum Gasteiger partial charge on any atom is 0.255 e. The smallest absolute Gasteiger partial charge is 0.255 e. The van der Waals surface area contributed by atoms with E-state index in [9.17, 15) is 4.79 Å². The molecule has 1 amide bonds. The Morgan fingerprint density at radius 3 is 2.76 bits per heavy atom. The van der Waals surface area contributed by atoms with Gasteiger partial charge in [-0.05, 0) is 24.6 Å². The fraction of sp³-hybridized carbons (Fsp3) is 0.250. The molecule has 0 saturated heterocycles. The zero-order chi connectivity index (χ0) is 15.1. The maximum atomic E-state index is 12.2. The highest BCUT2D eigenvalue weighted by atomic mass is 35.5. The van der Waals surface area contributed by atoms with Crippen LogP contribution in [0, 0.1) is 0 Å². The molecule has 0 spiro atoms. The summed E-state index contributed by atoms with van der Waals surface area (Å²) in [6, 6.07) is 11.2. The topological polar surface area (TPSA) is 42.4 Å². The molecule has 0 aliphatic carbocycles. The lowest BCUT2D eigenvalue weighted by atomic mass is 10.2. The SMILES string of the molecule is CN(CCCOc1ccccc1)C(=O)c1ccncc1Cl. The van der Waals surface area contributed by atoms with Crippen molar-refractivity contribution in [2.45, 2.75) is 6.42 Å². The molecular weight excluding hydrogens is 288 g/mol. The first-order chi connectivity index (χ1) is 10.2. The van der Waals surface area contributed by atoms with E-state index in [1.165, 1.54) is 6.20 Å². The van der Waals surface area contributed by atoms with Gasteiger partial charge in [-0.1, -0.05) is 29.8 Å². The highest BCUT2D eigenvalue weighted by Gasteiger charge is 2.14. The molecule has 0 saturated carbocycles. The number of amides is 1. The van der Waals surface area contributed by atoms with Gasteiger partial charge >= 0.3 is 0 Å². The van der Waals surface area contributed by atoms with Crippen LogP contribution < -0.4 is 4.74 Å². The Hall–Kier alpha value is -2.07. The van der Waals surface area contributed by atoms with E-state index in [-0.39, 0.29) is 5.91 Å². The monoisotopic (exact) mass is 304 g/mol. The lowest BCUT2D eigenvalue weighted by Crippen LogP contribution is -2.28. The largest absolute Gasteiger partial charge is 0.494 e. The molecule has 4 nitrogen and oxygen atoms in total. The first-order valence-electron chi connectivity index (χ1n) is 6.71. The molecule has 2 aromatic rings. The minimum Gasteiger partial charge on any atom is -0.494 e. The number of benzene rings is 1. The van der Waals surface area contributed by atoms with E-state index in [1.54, 1.807) is 24.2 Å².